The first-order chi connectivity index (χ1) is 15.8. The highest BCUT2D eigenvalue weighted by Crippen LogP contribution is 2.34. The van der Waals surface area contributed by atoms with E-state index in [4.69, 9.17) is 16.3 Å². The molecule has 2 aromatic carbocycles. The summed E-state index contributed by atoms with van der Waals surface area (Å²) in [6.07, 6.45) is -2.74. The van der Waals surface area contributed by atoms with Crippen molar-refractivity contribution >= 4 is 23.1 Å². The highest BCUT2D eigenvalue weighted by Gasteiger charge is 2.31. The Labute approximate surface area is 193 Å². The Hall–Kier alpha value is -3.33. The Morgan fingerprint density at radius 3 is 2.64 bits per heavy atom. The number of ether oxygens (including phenoxy) is 1. The molecule has 0 saturated carbocycles. The maximum absolute atomic E-state index is 13.1. The van der Waals surface area contributed by atoms with Gasteiger partial charge in [-0.2, -0.15) is 13.2 Å². The van der Waals surface area contributed by atoms with Crippen molar-refractivity contribution in [3.8, 4) is 5.75 Å². The summed E-state index contributed by atoms with van der Waals surface area (Å²) in [5.41, 5.74) is 1.44. The standard InChI is InChI=1S/C23H20ClF3N4O2/c1-33-17-10-8-14(9-11-17)13-31-22(24)20(29-30-31)21(32)18-6-3-7-19(18)28-16-5-2-4-15(12-16)23(25,26)27/h2,4-5,8-12,28H,3,6-7,13H2,1H3. The number of aromatic nitrogens is 3. The van der Waals surface area contributed by atoms with Crippen molar-refractivity contribution < 1.29 is 22.7 Å². The van der Waals surface area contributed by atoms with E-state index in [2.05, 4.69) is 15.6 Å². The maximum Gasteiger partial charge on any atom is 0.416 e. The van der Waals surface area contributed by atoms with Crippen molar-refractivity contribution in [2.24, 2.45) is 0 Å². The third kappa shape index (κ3) is 5.03. The fourth-order valence-electron chi connectivity index (χ4n) is 3.67. The van der Waals surface area contributed by atoms with Gasteiger partial charge in [-0.25, -0.2) is 4.68 Å². The number of carbonyl (C=O) groups is 1. The van der Waals surface area contributed by atoms with Gasteiger partial charge in [-0.1, -0.05) is 35.0 Å². The lowest BCUT2D eigenvalue weighted by atomic mass is 10.1. The van der Waals surface area contributed by atoms with E-state index in [-0.39, 0.29) is 22.3 Å². The number of methoxy groups -OCH3 is 1. The lowest BCUT2D eigenvalue weighted by molar-refractivity contribution is -0.137. The van der Waals surface area contributed by atoms with Crippen LogP contribution in [0.3, 0.4) is 0 Å². The molecule has 172 valence electrons. The number of benzene rings is 2. The minimum atomic E-state index is -4.45. The smallest absolute Gasteiger partial charge is 0.416 e. The second-order valence-corrected chi connectivity index (χ2v) is 7.94. The molecule has 0 spiro atoms. The van der Waals surface area contributed by atoms with E-state index in [9.17, 15) is 18.0 Å². The van der Waals surface area contributed by atoms with Crippen molar-refractivity contribution in [1.82, 2.24) is 15.0 Å². The predicted octanol–water partition coefficient (Wildman–Crippen LogP) is 5.74. The number of ketones is 1. The topological polar surface area (TPSA) is 69.0 Å². The van der Waals surface area contributed by atoms with Crippen molar-refractivity contribution in [3.63, 3.8) is 0 Å². The minimum Gasteiger partial charge on any atom is -0.497 e. The summed E-state index contributed by atoms with van der Waals surface area (Å²) in [6.45, 7) is 0.317. The van der Waals surface area contributed by atoms with Gasteiger partial charge in [-0.3, -0.25) is 4.79 Å². The van der Waals surface area contributed by atoms with Gasteiger partial charge in [0.25, 0.3) is 0 Å². The minimum absolute atomic E-state index is 0.0189. The summed E-state index contributed by atoms with van der Waals surface area (Å²) in [5, 5.41) is 11.1. The zero-order chi connectivity index (χ0) is 23.6. The Bertz CT molecular complexity index is 1200. The van der Waals surface area contributed by atoms with Gasteiger partial charge in [0.05, 0.1) is 19.2 Å². The van der Waals surface area contributed by atoms with Gasteiger partial charge >= 0.3 is 6.18 Å². The van der Waals surface area contributed by atoms with Gasteiger partial charge in [-0.15, -0.1) is 5.10 Å². The molecule has 0 amide bonds. The van der Waals surface area contributed by atoms with Crippen LogP contribution in [0.2, 0.25) is 5.15 Å². The Balaban J connectivity index is 1.55. The van der Waals surface area contributed by atoms with Crippen LogP contribution in [0.1, 0.15) is 40.9 Å². The van der Waals surface area contributed by atoms with Gasteiger partial charge in [0, 0.05) is 17.0 Å². The SMILES string of the molecule is COc1ccc(Cn2nnc(C(=O)C3=C(Nc4cccc(C(F)(F)F)c4)CCC3)c2Cl)cc1. The fraction of sp³-hybridized carbons (Fsp3) is 0.261. The van der Waals surface area contributed by atoms with E-state index in [1.807, 2.05) is 12.1 Å². The van der Waals surface area contributed by atoms with Crippen molar-refractivity contribution in [1.29, 1.82) is 0 Å². The van der Waals surface area contributed by atoms with Crippen LogP contribution in [0, 0.1) is 0 Å². The van der Waals surface area contributed by atoms with Crippen LogP contribution in [0.4, 0.5) is 18.9 Å². The Kier molecular flexibility index (Phi) is 6.42. The first-order valence-corrected chi connectivity index (χ1v) is 10.6. The highest BCUT2D eigenvalue weighted by atomic mass is 35.5. The van der Waals surface area contributed by atoms with E-state index >= 15 is 0 Å². The average Bonchev–Trinajstić information content (AvgIpc) is 3.40. The molecule has 0 aliphatic heterocycles. The number of carbonyl (C=O) groups excluding carboxylic acids is 1. The molecule has 0 saturated heterocycles. The zero-order valence-electron chi connectivity index (χ0n) is 17.6. The van der Waals surface area contributed by atoms with Crippen LogP contribution in [0.5, 0.6) is 5.75 Å². The van der Waals surface area contributed by atoms with Crippen molar-refractivity contribution in [2.45, 2.75) is 32.0 Å². The molecule has 10 heteroatoms. The van der Waals surface area contributed by atoms with Gasteiger partial charge in [0.1, 0.15) is 5.75 Å². The summed E-state index contributed by atoms with van der Waals surface area (Å²) >= 11 is 6.41. The van der Waals surface area contributed by atoms with E-state index in [1.54, 1.807) is 19.2 Å². The summed E-state index contributed by atoms with van der Waals surface area (Å²) in [6, 6.07) is 12.2. The number of nitrogens with one attached hydrogen (secondary N) is 1. The van der Waals surface area contributed by atoms with Gasteiger partial charge < -0.3 is 10.1 Å². The van der Waals surface area contributed by atoms with E-state index < -0.39 is 11.7 Å². The highest BCUT2D eigenvalue weighted by molar-refractivity contribution is 6.33. The Morgan fingerprint density at radius 1 is 1.18 bits per heavy atom. The van der Waals surface area contributed by atoms with Crippen LogP contribution in [0.25, 0.3) is 0 Å². The molecule has 1 aromatic heterocycles. The molecule has 33 heavy (non-hydrogen) atoms. The second kappa shape index (κ2) is 9.27. The van der Waals surface area contributed by atoms with Crippen LogP contribution in [-0.2, 0) is 12.7 Å². The molecule has 0 bridgehead atoms. The van der Waals surface area contributed by atoms with E-state index in [1.165, 1.54) is 16.8 Å². The van der Waals surface area contributed by atoms with Gasteiger partial charge in [-0.05, 0) is 55.2 Å². The Morgan fingerprint density at radius 2 is 1.94 bits per heavy atom. The summed E-state index contributed by atoms with van der Waals surface area (Å²) in [5.74, 6) is 0.334. The number of anilines is 1. The number of nitrogens with zero attached hydrogens (tertiary/aromatic N) is 3. The molecule has 0 radical (unpaired) electrons. The molecule has 0 fully saturated rings. The third-order valence-electron chi connectivity index (χ3n) is 5.36. The number of allylic oxidation sites excluding steroid dienone is 2. The van der Waals surface area contributed by atoms with Crippen LogP contribution in [0.15, 0.2) is 59.8 Å². The molecule has 1 heterocycles. The number of rotatable bonds is 7. The summed E-state index contributed by atoms with van der Waals surface area (Å²) in [4.78, 5) is 13.1. The molecule has 4 rings (SSSR count). The third-order valence-corrected chi connectivity index (χ3v) is 5.73. The molecule has 0 unspecified atom stereocenters. The van der Waals surface area contributed by atoms with Crippen LogP contribution < -0.4 is 10.1 Å². The monoisotopic (exact) mass is 476 g/mol. The van der Waals surface area contributed by atoms with Gasteiger partial charge in [0.15, 0.2) is 10.8 Å². The second-order valence-electron chi connectivity index (χ2n) is 7.58. The number of alkyl halides is 3. The van der Waals surface area contributed by atoms with E-state index in [0.29, 0.717) is 42.8 Å². The molecule has 1 N–H and O–H groups in total. The fourth-order valence-corrected chi connectivity index (χ4v) is 3.89. The van der Waals surface area contributed by atoms with Crippen molar-refractivity contribution in [2.75, 3.05) is 12.4 Å². The normalized spacial score (nSPS) is 14.0. The average molecular weight is 477 g/mol. The largest absolute Gasteiger partial charge is 0.497 e. The maximum atomic E-state index is 13.1. The number of halogens is 4. The first-order valence-electron chi connectivity index (χ1n) is 10.2. The quantitative estimate of drug-likeness (QED) is 0.440. The summed E-state index contributed by atoms with van der Waals surface area (Å²) < 4.78 is 45.6. The zero-order valence-corrected chi connectivity index (χ0v) is 18.4. The number of hydrogen-bond donors (Lipinski definition) is 1. The summed E-state index contributed by atoms with van der Waals surface area (Å²) in [7, 11) is 1.58. The molecule has 0 atom stereocenters. The van der Waals surface area contributed by atoms with Crippen LogP contribution in [-0.4, -0.2) is 27.9 Å². The molecule has 1 aliphatic rings. The predicted molar refractivity (Wildman–Crippen MR) is 117 cm³/mol. The number of Topliss-reactive ketones (excluding diaryl/α,β-unsaturated/α-hetero) is 1. The van der Waals surface area contributed by atoms with Crippen molar-refractivity contribution in [3.05, 3.63) is 81.8 Å². The van der Waals surface area contributed by atoms with Crippen LogP contribution >= 0.6 is 11.6 Å². The van der Waals surface area contributed by atoms with Gasteiger partial charge in [0.2, 0.25) is 5.78 Å². The lowest BCUT2D eigenvalue weighted by Gasteiger charge is -2.12. The molecular formula is C23H20ClF3N4O2. The molecule has 1 aliphatic carbocycles. The van der Waals surface area contributed by atoms with E-state index in [0.717, 1.165) is 17.7 Å². The molecular weight excluding hydrogens is 457 g/mol. The first kappa shape index (κ1) is 22.8. The molecule has 6 nitrogen and oxygen atoms in total. The lowest BCUT2D eigenvalue weighted by Crippen LogP contribution is -2.10. The number of hydrogen-bond acceptors (Lipinski definition) is 5. The molecule has 3 aromatic rings.